The van der Waals surface area contributed by atoms with Gasteiger partial charge < -0.3 is 5.32 Å². The van der Waals surface area contributed by atoms with Crippen molar-refractivity contribution in [1.82, 2.24) is 10.2 Å². The fourth-order valence-electron chi connectivity index (χ4n) is 5.42. The molecule has 3 heterocycles. The molecule has 2 aromatic carbocycles. The van der Waals surface area contributed by atoms with Gasteiger partial charge in [-0.2, -0.15) is 11.8 Å². The Morgan fingerprint density at radius 1 is 1.00 bits per heavy atom. The third kappa shape index (κ3) is 3.02. The van der Waals surface area contributed by atoms with Crippen molar-refractivity contribution in [2.75, 3.05) is 23.9 Å². The van der Waals surface area contributed by atoms with Gasteiger partial charge >= 0.3 is 0 Å². The highest BCUT2D eigenvalue weighted by atomic mass is 32.2. The smallest absolute Gasteiger partial charge is 0.250 e. The van der Waals surface area contributed by atoms with Crippen LogP contribution in [0.1, 0.15) is 17.5 Å². The number of rotatable bonds is 6. The van der Waals surface area contributed by atoms with Crippen molar-refractivity contribution in [3.05, 3.63) is 65.7 Å². The highest BCUT2D eigenvalue weighted by Crippen LogP contribution is 2.53. The van der Waals surface area contributed by atoms with Gasteiger partial charge in [0, 0.05) is 23.8 Å². The third-order valence-corrected chi connectivity index (χ3v) is 7.46. The third-order valence-electron chi connectivity index (χ3n) is 6.81. The minimum Gasteiger partial charge on any atom is -0.324 e. The lowest BCUT2D eigenvalue weighted by molar-refractivity contribution is -0.142. The fourth-order valence-corrected chi connectivity index (χ4v) is 5.91. The van der Waals surface area contributed by atoms with Crippen LogP contribution >= 0.6 is 11.8 Å². The lowest BCUT2D eigenvalue weighted by Gasteiger charge is -2.29. The minimum absolute atomic E-state index is 0.154. The molecule has 160 valence electrons. The van der Waals surface area contributed by atoms with E-state index in [1.54, 1.807) is 11.8 Å². The van der Waals surface area contributed by atoms with E-state index in [0.717, 1.165) is 23.3 Å². The van der Waals surface area contributed by atoms with Crippen molar-refractivity contribution < 1.29 is 14.4 Å². The van der Waals surface area contributed by atoms with Crippen LogP contribution < -0.4 is 10.6 Å². The number of thioether (sulfide) groups is 1. The maximum atomic E-state index is 13.6. The van der Waals surface area contributed by atoms with Gasteiger partial charge in [-0.05, 0) is 36.5 Å². The topological polar surface area (TPSA) is 78.5 Å². The van der Waals surface area contributed by atoms with Crippen molar-refractivity contribution in [2.45, 2.75) is 24.4 Å². The van der Waals surface area contributed by atoms with Crippen LogP contribution in [-0.2, 0) is 26.3 Å². The Morgan fingerprint density at radius 2 is 1.74 bits per heavy atom. The van der Waals surface area contributed by atoms with E-state index in [2.05, 4.69) is 10.6 Å². The van der Waals surface area contributed by atoms with Crippen molar-refractivity contribution in [3.63, 3.8) is 0 Å². The summed E-state index contributed by atoms with van der Waals surface area (Å²) in [7, 11) is 0. The van der Waals surface area contributed by atoms with Crippen LogP contribution in [0.15, 0.2) is 54.6 Å². The molecule has 2 fully saturated rings. The number of imide groups is 1. The summed E-state index contributed by atoms with van der Waals surface area (Å²) >= 11 is 1.70. The zero-order valence-corrected chi connectivity index (χ0v) is 18.2. The SMILES string of the molecule is CSCC[C@@H]1N[C@]2(C(=O)Nc3ccccc32)[C@@H]2C(=O)N(CCc3ccccc3)C(=O)[C@H]12. The molecule has 5 rings (SSSR count). The molecule has 0 aromatic heterocycles. The summed E-state index contributed by atoms with van der Waals surface area (Å²) in [6, 6.07) is 17.1. The van der Waals surface area contributed by atoms with Crippen LogP contribution in [0.5, 0.6) is 0 Å². The lowest BCUT2D eigenvalue weighted by atomic mass is 9.76. The molecule has 2 saturated heterocycles. The largest absolute Gasteiger partial charge is 0.324 e. The Kier molecular flexibility index (Phi) is 5.10. The van der Waals surface area contributed by atoms with Gasteiger partial charge in [-0.3, -0.25) is 24.6 Å². The average molecular weight is 436 g/mol. The second-order valence-corrected chi connectivity index (χ2v) is 9.39. The Bertz CT molecular complexity index is 1040. The van der Waals surface area contributed by atoms with Gasteiger partial charge in [-0.15, -0.1) is 0 Å². The minimum atomic E-state index is -1.18. The predicted molar refractivity (Wildman–Crippen MR) is 121 cm³/mol. The number of amides is 3. The van der Waals surface area contributed by atoms with Gasteiger partial charge in [0.15, 0.2) is 0 Å². The van der Waals surface area contributed by atoms with Gasteiger partial charge in [0.2, 0.25) is 17.7 Å². The van der Waals surface area contributed by atoms with Crippen LogP contribution in [0.2, 0.25) is 0 Å². The number of hydrogen-bond acceptors (Lipinski definition) is 5. The number of anilines is 1. The normalized spacial score (nSPS) is 28.9. The van der Waals surface area contributed by atoms with E-state index in [1.807, 2.05) is 60.9 Å². The van der Waals surface area contributed by atoms with Crippen molar-refractivity contribution in [1.29, 1.82) is 0 Å². The average Bonchev–Trinajstić information content (AvgIpc) is 3.36. The Labute approximate surface area is 185 Å². The molecule has 2 aromatic rings. The summed E-state index contributed by atoms with van der Waals surface area (Å²) in [5.41, 5.74) is 1.38. The second-order valence-electron chi connectivity index (χ2n) is 8.41. The van der Waals surface area contributed by atoms with E-state index >= 15 is 0 Å². The van der Waals surface area contributed by atoms with Gasteiger partial charge in [0.25, 0.3) is 0 Å². The van der Waals surface area contributed by atoms with E-state index in [1.165, 1.54) is 4.90 Å². The molecule has 0 aliphatic carbocycles. The first-order valence-electron chi connectivity index (χ1n) is 10.6. The maximum absolute atomic E-state index is 13.6. The maximum Gasteiger partial charge on any atom is 0.250 e. The molecule has 3 aliphatic heterocycles. The van der Waals surface area contributed by atoms with Gasteiger partial charge in [-0.1, -0.05) is 48.5 Å². The molecule has 0 radical (unpaired) electrons. The van der Waals surface area contributed by atoms with E-state index in [9.17, 15) is 14.4 Å². The molecule has 6 nitrogen and oxygen atoms in total. The number of nitrogens with one attached hydrogen (secondary N) is 2. The number of likely N-dealkylation sites (tertiary alicyclic amines) is 1. The fraction of sp³-hybridized carbons (Fsp3) is 0.375. The van der Waals surface area contributed by atoms with Crippen molar-refractivity contribution >= 4 is 35.2 Å². The highest BCUT2D eigenvalue weighted by molar-refractivity contribution is 7.98. The lowest BCUT2D eigenvalue weighted by Crippen LogP contribution is -2.53. The van der Waals surface area contributed by atoms with Gasteiger partial charge in [0.1, 0.15) is 5.54 Å². The summed E-state index contributed by atoms with van der Waals surface area (Å²) < 4.78 is 0. The summed E-state index contributed by atoms with van der Waals surface area (Å²) in [5.74, 6) is -1.01. The zero-order valence-electron chi connectivity index (χ0n) is 17.3. The molecule has 0 unspecified atom stereocenters. The monoisotopic (exact) mass is 435 g/mol. The molecule has 4 atom stereocenters. The van der Waals surface area contributed by atoms with Gasteiger partial charge in [-0.25, -0.2) is 0 Å². The van der Waals surface area contributed by atoms with Gasteiger partial charge in [0.05, 0.1) is 11.8 Å². The summed E-state index contributed by atoms with van der Waals surface area (Å²) in [4.78, 5) is 41.8. The molecule has 3 amide bonds. The molecule has 7 heteroatoms. The number of carbonyl (C=O) groups is 3. The molecule has 31 heavy (non-hydrogen) atoms. The van der Waals surface area contributed by atoms with Crippen LogP contribution in [-0.4, -0.2) is 47.2 Å². The number of fused-ring (bicyclic) bond motifs is 4. The molecular formula is C24H25N3O3S. The first-order valence-corrected chi connectivity index (χ1v) is 12.0. The second kappa shape index (κ2) is 7.80. The molecule has 0 saturated carbocycles. The number of para-hydroxylation sites is 1. The summed E-state index contributed by atoms with van der Waals surface area (Å²) in [6.45, 7) is 0.337. The van der Waals surface area contributed by atoms with Crippen molar-refractivity contribution in [3.8, 4) is 0 Å². The van der Waals surface area contributed by atoms with E-state index in [0.29, 0.717) is 18.7 Å². The Balaban J connectivity index is 1.51. The number of nitrogens with zero attached hydrogens (tertiary/aromatic N) is 1. The number of hydrogen-bond donors (Lipinski definition) is 2. The molecular weight excluding hydrogens is 410 g/mol. The highest BCUT2D eigenvalue weighted by Gasteiger charge is 2.70. The Hall–Kier alpha value is -2.64. The van der Waals surface area contributed by atoms with Crippen LogP contribution in [0.4, 0.5) is 5.69 Å². The van der Waals surface area contributed by atoms with Crippen molar-refractivity contribution in [2.24, 2.45) is 11.8 Å². The van der Waals surface area contributed by atoms with Crippen LogP contribution in [0.3, 0.4) is 0 Å². The first-order chi connectivity index (χ1) is 15.1. The molecule has 2 N–H and O–H groups in total. The van der Waals surface area contributed by atoms with Crippen LogP contribution in [0.25, 0.3) is 0 Å². The zero-order chi connectivity index (χ0) is 21.6. The summed E-state index contributed by atoms with van der Waals surface area (Å²) in [6.07, 6.45) is 3.36. The number of carbonyl (C=O) groups excluding carboxylic acids is 3. The number of benzene rings is 2. The van der Waals surface area contributed by atoms with E-state index in [4.69, 9.17) is 0 Å². The van der Waals surface area contributed by atoms with E-state index in [-0.39, 0.29) is 23.8 Å². The van der Waals surface area contributed by atoms with E-state index < -0.39 is 17.4 Å². The quantitative estimate of drug-likeness (QED) is 0.682. The standard InChI is InChI=1S/C24H25N3O3S/c1-31-14-12-18-19-20(24(26-18)16-9-5-6-10-17(16)25-23(24)30)22(29)27(21(19)28)13-11-15-7-3-2-4-8-15/h2-10,18-20,26H,11-14H2,1H3,(H,25,30)/t18-,19+,20-,24-/m0/s1. The Morgan fingerprint density at radius 3 is 2.52 bits per heavy atom. The molecule has 0 bridgehead atoms. The van der Waals surface area contributed by atoms with Crippen LogP contribution in [0, 0.1) is 11.8 Å². The molecule has 1 spiro atoms. The summed E-state index contributed by atoms with van der Waals surface area (Å²) in [5, 5.41) is 6.41. The predicted octanol–water partition coefficient (Wildman–Crippen LogP) is 2.40. The molecule has 3 aliphatic rings. The first kappa shape index (κ1) is 20.3.